The van der Waals surface area contributed by atoms with Crippen LogP contribution in [-0.2, 0) is 6.42 Å². The Bertz CT molecular complexity index is 689. The SMILES string of the molecule is CC(C)c1cccc(O)c1C(C)C.CCCCCCCCCc1ccccc1O. The van der Waals surface area contributed by atoms with Crippen molar-refractivity contribution in [3.8, 4) is 11.5 Å². The minimum absolute atomic E-state index is 0.388. The highest BCUT2D eigenvalue weighted by Crippen LogP contribution is 2.32. The summed E-state index contributed by atoms with van der Waals surface area (Å²) in [5.74, 6) is 1.75. The van der Waals surface area contributed by atoms with Crippen molar-refractivity contribution in [2.45, 2.75) is 97.8 Å². The monoisotopic (exact) mass is 398 g/mol. The number of rotatable bonds is 10. The summed E-state index contributed by atoms with van der Waals surface area (Å²) in [5.41, 5.74) is 3.45. The molecule has 2 aromatic rings. The molecule has 0 atom stereocenters. The zero-order valence-electron chi connectivity index (χ0n) is 19.2. The lowest BCUT2D eigenvalue weighted by atomic mass is 9.90. The first-order valence-electron chi connectivity index (χ1n) is 11.5. The van der Waals surface area contributed by atoms with E-state index in [0.717, 1.165) is 17.5 Å². The van der Waals surface area contributed by atoms with Gasteiger partial charge in [-0.3, -0.25) is 0 Å². The van der Waals surface area contributed by atoms with Gasteiger partial charge >= 0.3 is 0 Å². The van der Waals surface area contributed by atoms with E-state index in [-0.39, 0.29) is 0 Å². The molecule has 0 saturated carbocycles. The van der Waals surface area contributed by atoms with Gasteiger partial charge in [-0.25, -0.2) is 0 Å². The summed E-state index contributed by atoms with van der Waals surface area (Å²) in [6.07, 6.45) is 10.3. The van der Waals surface area contributed by atoms with Gasteiger partial charge in [0.25, 0.3) is 0 Å². The maximum absolute atomic E-state index is 9.71. The number of para-hydroxylation sites is 1. The van der Waals surface area contributed by atoms with Crippen LogP contribution >= 0.6 is 0 Å². The fourth-order valence-electron chi connectivity index (χ4n) is 3.70. The molecule has 2 N–H and O–H groups in total. The molecule has 0 saturated heterocycles. The third kappa shape index (κ3) is 9.39. The van der Waals surface area contributed by atoms with E-state index in [1.165, 1.54) is 50.5 Å². The van der Waals surface area contributed by atoms with Gasteiger partial charge in [0.05, 0.1) is 0 Å². The largest absolute Gasteiger partial charge is 0.508 e. The van der Waals surface area contributed by atoms with Crippen molar-refractivity contribution in [3.63, 3.8) is 0 Å². The highest BCUT2D eigenvalue weighted by atomic mass is 16.3. The van der Waals surface area contributed by atoms with Crippen LogP contribution in [0.4, 0.5) is 0 Å². The predicted molar refractivity (Wildman–Crippen MR) is 126 cm³/mol. The number of phenols is 2. The van der Waals surface area contributed by atoms with E-state index in [9.17, 15) is 10.2 Å². The summed E-state index contributed by atoms with van der Waals surface area (Å²) in [7, 11) is 0. The van der Waals surface area contributed by atoms with Crippen LogP contribution in [0.15, 0.2) is 42.5 Å². The first-order valence-corrected chi connectivity index (χ1v) is 11.5. The molecule has 0 amide bonds. The Morgan fingerprint density at radius 2 is 1.24 bits per heavy atom. The smallest absolute Gasteiger partial charge is 0.119 e. The quantitative estimate of drug-likeness (QED) is 0.395. The predicted octanol–water partition coefficient (Wildman–Crippen LogP) is 8.32. The van der Waals surface area contributed by atoms with Crippen LogP contribution < -0.4 is 0 Å². The lowest BCUT2D eigenvalue weighted by Crippen LogP contribution is -1.98. The molecule has 29 heavy (non-hydrogen) atoms. The van der Waals surface area contributed by atoms with Gasteiger partial charge in [0.1, 0.15) is 11.5 Å². The van der Waals surface area contributed by atoms with E-state index in [0.29, 0.717) is 23.3 Å². The molecule has 0 aliphatic carbocycles. The Morgan fingerprint density at radius 3 is 1.79 bits per heavy atom. The number of aromatic hydroxyl groups is 2. The van der Waals surface area contributed by atoms with Crippen molar-refractivity contribution < 1.29 is 10.2 Å². The molecule has 162 valence electrons. The molecule has 0 spiro atoms. The van der Waals surface area contributed by atoms with E-state index < -0.39 is 0 Å². The Kier molecular flexibility index (Phi) is 12.2. The zero-order chi connectivity index (χ0) is 21.6. The first-order chi connectivity index (χ1) is 13.9. The normalized spacial score (nSPS) is 10.9. The van der Waals surface area contributed by atoms with E-state index in [2.05, 4.69) is 40.7 Å². The van der Waals surface area contributed by atoms with Crippen LogP contribution in [0.1, 0.15) is 108 Å². The van der Waals surface area contributed by atoms with Gasteiger partial charge in [-0.1, -0.05) is 103 Å². The molecule has 0 fully saturated rings. The Morgan fingerprint density at radius 1 is 0.655 bits per heavy atom. The molecule has 2 aromatic carbocycles. The summed E-state index contributed by atoms with van der Waals surface area (Å²) in [4.78, 5) is 0. The number of aryl methyl sites for hydroxylation is 1. The summed E-state index contributed by atoms with van der Waals surface area (Å²) in [5, 5.41) is 19.3. The van der Waals surface area contributed by atoms with E-state index in [1.807, 2.05) is 24.3 Å². The number of benzene rings is 2. The van der Waals surface area contributed by atoms with E-state index in [4.69, 9.17) is 0 Å². The molecular weight excluding hydrogens is 356 g/mol. The van der Waals surface area contributed by atoms with Gasteiger partial charge < -0.3 is 10.2 Å². The molecule has 0 unspecified atom stereocenters. The maximum Gasteiger partial charge on any atom is 0.119 e. The number of unbranched alkanes of at least 4 members (excludes halogenated alkanes) is 6. The number of phenolic OH excluding ortho intramolecular Hbond substituents is 2. The highest BCUT2D eigenvalue weighted by Gasteiger charge is 2.13. The van der Waals surface area contributed by atoms with Gasteiger partial charge in [-0.2, -0.15) is 0 Å². The summed E-state index contributed by atoms with van der Waals surface area (Å²) >= 11 is 0. The zero-order valence-corrected chi connectivity index (χ0v) is 19.2. The second-order valence-electron chi connectivity index (χ2n) is 8.59. The maximum atomic E-state index is 9.71. The van der Waals surface area contributed by atoms with E-state index in [1.54, 1.807) is 12.1 Å². The van der Waals surface area contributed by atoms with E-state index >= 15 is 0 Å². The minimum atomic E-state index is 0.388. The minimum Gasteiger partial charge on any atom is -0.508 e. The van der Waals surface area contributed by atoms with Crippen LogP contribution in [0, 0.1) is 0 Å². The Balaban J connectivity index is 0.000000296. The summed E-state index contributed by atoms with van der Waals surface area (Å²) in [6.45, 7) is 10.8. The summed E-state index contributed by atoms with van der Waals surface area (Å²) < 4.78 is 0. The van der Waals surface area contributed by atoms with Gasteiger partial charge in [0, 0.05) is 0 Å². The second-order valence-corrected chi connectivity index (χ2v) is 8.59. The molecule has 0 radical (unpaired) electrons. The average molecular weight is 399 g/mol. The third-order valence-corrected chi connectivity index (χ3v) is 5.36. The molecule has 2 nitrogen and oxygen atoms in total. The molecule has 0 aliphatic rings. The molecule has 2 rings (SSSR count). The van der Waals surface area contributed by atoms with Crippen molar-refractivity contribution in [1.29, 1.82) is 0 Å². The average Bonchev–Trinajstić information content (AvgIpc) is 2.68. The van der Waals surface area contributed by atoms with Gasteiger partial charge in [0.15, 0.2) is 0 Å². The number of hydrogen-bond acceptors (Lipinski definition) is 2. The van der Waals surface area contributed by atoms with Crippen molar-refractivity contribution in [1.82, 2.24) is 0 Å². The first kappa shape index (κ1) is 25.1. The van der Waals surface area contributed by atoms with Crippen LogP contribution in [-0.4, -0.2) is 10.2 Å². The lowest BCUT2D eigenvalue weighted by molar-refractivity contribution is 0.462. The molecule has 0 heterocycles. The third-order valence-electron chi connectivity index (χ3n) is 5.36. The van der Waals surface area contributed by atoms with Gasteiger partial charge in [0.2, 0.25) is 0 Å². The molecule has 0 aliphatic heterocycles. The lowest BCUT2D eigenvalue weighted by Gasteiger charge is -2.16. The van der Waals surface area contributed by atoms with Crippen LogP contribution in [0.2, 0.25) is 0 Å². The fraction of sp³-hybridized carbons (Fsp3) is 0.556. The van der Waals surface area contributed by atoms with Crippen molar-refractivity contribution >= 4 is 0 Å². The van der Waals surface area contributed by atoms with Crippen molar-refractivity contribution in [2.24, 2.45) is 0 Å². The molecular formula is C27H42O2. The highest BCUT2D eigenvalue weighted by molar-refractivity contribution is 5.42. The standard InChI is InChI=1S/C15H24O.C12H18O/c1-2-3-4-5-6-7-8-11-14-12-9-10-13-15(14)16;1-8(2)10-6-5-7-11(13)12(10)9(3)4/h9-10,12-13,16H,2-8,11H2,1H3;5-9,13H,1-4H3. The topological polar surface area (TPSA) is 40.5 Å². The molecule has 0 aromatic heterocycles. The van der Waals surface area contributed by atoms with Gasteiger partial charge in [-0.05, 0) is 53.5 Å². The Labute approximate surface area is 179 Å². The van der Waals surface area contributed by atoms with Crippen molar-refractivity contribution in [2.75, 3.05) is 0 Å². The second kappa shape index (κ2) is 14.1. The molecule has 2 heteroatoms. The Hall–Kier alpha value is -1.96. The fourth-order valence-corrected chi connectivity index (χ4v) is 3.70. The summed E-state index contributed by atoms with van der Waals surface area (Å²) in [6, 6.07) is 13.4. The van der Waals surface area contributed by atoms with Crippen molar-refractivity contribution in [3.05, 3.63) is 59.2 Å². The van der Waals surface area contributed by atoms with Crippen LogP contribution in [0.3, 0.4) is 0 Å². The van der Waals surface area contributed by atoms with Crippen LogP contribution in [0.5, 0.6) is 11.5 Å². The van der Waals surface area contributed by atoms with Gasteiger partial charge in [-0.15, -0.1) is 0 Å². The number of hydrogen-bond donors (Lipinski definition) is 2. The van der Waals surface area contributed by atoms with Crippen LogP contribution in [0.25, 0.3) is 0 Å². The molecule has 0 bridgehead atoms.